The number of nitrogens with two attached hydrogens (primary N) is 1. The van der Waals surface area contributed by atoms with E-state index in [9.17, 15) is 0 Å². The number of aromatic nitrogens is 3. The van der Waals surface area contributed by atoms with E-state index in [1.807, 2.05) is 0 Å². The van der Waals surface area contributed by atoms with Crippen molar-refractivity contribution in [2.75, 3.05) is 12.8 Å². The Morgan fingerprint density at radius 3 is 2.94 bits per heavy atom. The van der Waals surface area contributed by atoms with Gasteiger partial charge in [0.05, 0.1) is 11.3 Å². The summed E-state index contributed by atoms with van der Waals surface area (Å²) in [5, 5.41) is 3.97. The SMILES string of the molecule is COC(c1noc(-c2cncc(N)c2)n1)C1CC1. The molecule has 1 fully saturated rings. The number of anilines is 1. The fourth-order valence-electron chi connectivity index (χ4n) is 1.95. The van der Waals surface area contributed by atoms with Gasteiger partial charge in [-0.1, -0.05) is 5.16 Å². The van der Waals surface area contributed by atoms with E-state index in [1.54, 1.807) is 25.6 Å². The second kappa shape index (κ2) is 4.38. The zero-order chi connectivity index (χ0) is 12.5. The van der Waals surface area contributed by atoms with Gasteiger partial charge >= 0.3 is 0 Å². The number of nitrogen functional groups attached to an aromatic ring is 1. The van der Waals surface area contributed by atoms with Gasteiger partial charge < -0.3 is 15.0 Å². The molecule has 94 valence electrons. The molecule has 1 saturated carbocycles. The van der Waals surface area contributed by atoms with Gasteiger partial charge in [0.1, 0.15) is 6.10 Å². The fraction of sp³-hybridized carbons (Fsp3) is 0.417. The lowest BCUT2D eigenvalue weighted by molar-refractivity contribution is 0.0751. The van der Waals surface area contributed by atoms with Crippen molar-refractivity contribution in [3.8, 4) is 11.5 Å². The highest BCUT2D eigenvalue weighted by Crippen LogP contribution is 2.42. The van der Waals surface area contributed by atoms with Crippen molar-refractivity contribution in [1.29, 1.82) is 0 Å². The van der Waals surface area contributed by atoms with Crippen molar-refractivity contribution in [3.05, 3.63) is 24.3 Å². The molecule has 1 atom stereocenters. The van der Waals surface area contributed by atoms with E-state index in [2.05, 4.69) is 15.1 Å². The third-order valence-corrected chi connectivity index (χ3v) is 3.01. The van der Waals surface area contributed by atoms with Crippen LogP contribution in [0.15, 0.2) is 23.0 Å². The smallest absolute Gasteiger partial charge is 0.259 e. The lowest BCUT2D eigenvalue weighted by Gasteiger charge is -2.08. The van der Waals surface area contributed by atoms with Crippen LogP contribution in [0.2, 0.25) is 0 Å². The van der Waals surface area contributed by atoms with Crippen LogP contribution < -0.4 is 5.73 Å². The number of hydrogen-bond donors (Lipinski definition) is 1. The molecule has 0 aromatic carbocycles. The molecular formula is C12H14N4O2. The number of pyridine rings is 1. The van der Waals surface area contributed by atoms with Crippen LogP contribution in [0, 0.1) is 5.92 Å². The molecule has 0 aliphatic heterocycles. The molecule has 0 amide bonds. The highest BCUT2D eigenvalue weighted by Gasteiger charge is 2.35. The summed E-state index contributed by atoms with van der Waals surface area (Å²) in [6, 6.07) is 1.75. The Bertz CT molecular complexity index is 551. The minimum Gasteiger partial charge on any atom is -0.397 e. The van der Waals surface area contributed by atoms with Crippen molar-refractivity contribution in [2.24, 2.45) is 5.92 Å². The van der Waals surface area contributed by atoms with Crippen LogP contribution in [0.4, 0.5) is 5.69 Å². The molecule has 6 heteroatoms. The largest absolute Gasteiger partial charge is 0.397 e. The zero-order valence-corrected chi connectivity index (χ0v) is 10.0. The maximum absolute atomic E-state index is 5.67. The first-order valence-electron chi connectivity index (χ1n) is 5.85. The number of rotatable bonds is 4. The van der Waals surface area contributed by atoms with Crippen molar-refractivity contribution >= 4 is 5.69 Å². The summed E-state index contributed by atoms with van der Waals surface area (Å²) in [4.78, 5) is 8.35. The van der Waals surface area contributed by atoms with Gasteiger partial charge in [-0.05, 0) is 24.8 Å². The van der Waals surface area contributed by atoms with Gasteiger partial charge in [0, 0.05) is 19.5 Å². The normalized spacial score (nSPS) is 16.7. The molecule has 2 aromatic heterocycles. The predicted molar refractivity (Wildman–Crippen MR) is 64.4 cm³/mol. The Labute approximate surface area is 104 Å². The van der Waals surface area contributed by atoms with E-state index in [4.69, 9.17) is 15.0 Å². The Morgan fingerprint density at radius 2 is 2.28 bits per heavy atom. The average Bonchev–Trinajstić information content (AvgIpc) is 3.07. The average molecular weight is 246 g/mol. The molecule has 6 nitrogen and oxygen atoms in total. The summed E-state index contributed by atoms with van der Waals surface area (Å²) in [6.45, 7) is 0. The third kappa shape index (κ3) is 2.06. The second-order valence-electron chi connectivity index (χ2n) is 4.46. The maximum Gasteiger partial charge on any atom is 0.259 e. The van der Waals surface area contributed by atoms with E-state index in [-0.39, 0.29) is 6.10 Å². The van der Waals surface area contributed by atoms with Gasteiger partial charge in [-0.25, -0.2) is 0 Å². The van der Waals surface area contributed by atoms with E-state index in [0.29, 0.717) is 23.3 Å². The minimum atomic E-state index is -0.0727. The van der Waals surface area contributed by atoms with Crippen LogP contribution in [-0.2, 0) is 4.74 Å². The molecule has 2 heterocycles. The van der Waals surface area contributed by atoms with Crippen LogP contribution in [-0.4, -0.2) is 22.2 Å². The third-order valence-electron chi connectivity index (χ3n) is 3.01. The molecule has 0 radical (unpaired) electrons. The zero-order valence-electron chi connectivity index (χ0n) is 10.0. The highest BCUT2D eigenvalue weighted by molar-refractivity contribution is 5.57. The highest BCUT2D eigenvalue weighted by atomic mass is 16.5. The maximum atomic E-state index is 5.67. The summed E-state index contributed by atoms with van der Waals surface area (Å²) in [5.41, 5.74) is 6.96. The molecule has 2 N–H and O–H groups in total. The van der Waals surface area contributed by atoms with Crippen LogP contribution in [0.3, 0.4) is 0 Å². The van der Waals surface area contributed by atoms with Crippen molar-refractivity contribution in [1.82, 2.24) is 15.1 Å². The second-order valence-corrected chi connectivity index (χ2v) is 4.46. The van der Waals surface area contributed by atoms with Crippen molar-refractivity contribution in [3.63, 3.8) is 0 Å². The summed E-state index contributed by atoms with van der Waals surface area (Å²) < 4.78 is 10.6. The van der Waals surface area contributed by atoms with E-state index in [1.165, 1.54) is 0 Å². The van der Waals surface area contributed by atoms with Gasteiger partial charge in [0.15, 0.2) is 0 Å². The monoisotopic (exact) mass is 246 g/mol. The quantitative estimate of drug-likeness (QED) is 0.885. The Balaban J connectivity index is 1.88. The fourth-order valence-corrected chi connectivity index (χ4v) is 1.95. The molecule has 18 heavy (non-hydrogen) atoms. The Hall–Kier alpha value is -1.95. The first-order valence-corrected chi connectivity index (χ1v) is 5.85. The summed E-state index contributed by atoms with van der Waals surface area (Å²) >= 11 is 0. The van der Waals surface area contributed by atoms with Crippen LogP contribution in [0.1, 0.15) is 24.8 Å². The topological polar surface area (TPSA) is 87.1 Å². The molecule has 1 aliphatic rings. The van der Waals surface area contributed by atoms with Gasteiger partial charge in [0.25, 0.3) is 5.89 Å². The summed E-state index contributed by atoms with van der Waals surface area (Å²) in [7, 11) is 1.67. The number of methoxy groups -OCH3 is 1. The van der Waals surface area contributed by atoms with E-state index in [0.717, 1.165) is 18.4 Å². The van der Waals surface area contributed by atoms with Crippen molar-refractivity contribution < 1.29 is 9.26 Å². The molecule has 0 bridgehead atoms. The van der Waals surface area contributed by atoms with Crippen LogP contribution in [0.25, 0.3) is 11.5 Å². The van der Waals surface area contributed by atoms with Crippen LogP contribution in [0.5, 0.6) is 0 Å². The molecule has 0 spiro atoms. The van der Waals surface area contributed by atoms with E-state index >= 15 is 0 Å². The number of ether oxygens (including phenoxy) is 1. The Morgan fingerprint density at radius 1 is 1.44 bits per heavy atom. The minimum absolute atomic E-state index is 0.0727. The molecule has 0 saturated heterocycles. The van der Waals surface area contributed by atoms with E-state index < -0.39 is 0 Å². The first kappa shape index (κ1) is 11.2. The summed E-state index contributed by atoms with van der Waals surface area (Å²) in [5.74, 6) is 1.53. The van der Waals surface area contributed by atoms with Gasteiger partial charge in [-0.2, -0.15) is 4.98 Å². The standard InChI is InChI=1S/C12H14N4O2/c1-17-10(7-2-3-7)11-15-12(18-16-11)8-4-9(13)6-14-5-8/h4-7,10H,2-3,13H2,1H3. The lowest BCUT2D eigenvalue weighted by atomic mass is 10.2. The van der Waals surface area contributed by atoms with Gasteiger partial charge in [-0.3, -0.25) is 4.98 Å². The molecule has 3 rings (SSSR count). The molecule has 2 aromatic rings. The van der Waals surface area contributed by atoms with Crippen molar-refractivity contribution in [2.45, 2.75) is 18.9 Å². The lowest BCUT2D eigenvalue weighted by Crippen LogP contribution is -2.05. The molecule has 1 unspecified atom stereocenters. The van der Waals surface area contributed by atoms with Gasteiger partial charge in [-0.15, -0.1) is 0 Å². The first-order chi connectivity index (χ1) is 8.78. The summed E-state index contributed by atoms with van der Waals surface area (Å²) in [6.07, 6.45) is 5.46. The Kier molecular flexibility index (Phi) is 2.71. The molecule has 1 aliphatic carbocycles. The number of hydrogen-bond acceptors (Lipinski definition) is 6. The molecular weight excluding hydrogens is 232 g/mol. The predicted octanol–water partition coefficient (Wildman–Crippen LogP) is 1.81. The van der Waals surface area contributed by atoms with Crippen LogP contribution >= 0.6 is 0 Å². The number of nitrogens with zero attached hydrogens (tertiary/aromatic N) is 3. The van der Waals surface area contributed by atoms with Gasteiger partial charge in [0.2, 0.25) is 5.82 Å².